The molecule has 1 N–H and O–H groups in total. The molecule has 1 saturated heterocycles. The summed E-state index contributed by atoms with van der Waals surface area (Å²) < 4.78 is 5.59. The molecule has 1 aromatic heterocycles. The summed E-state index contributed by atoms with van der Waals surface area (Å²) in [6.45, 7) is 1.99. The van der Waals surface area contributed by atoms with Crippen LogP contribution in [0.1, 0.15) is 11.1 Å². The van der Waals surface area contributed by atoms with Crippen LogP contribution < -0.4 is 10.1 Å². The van der Waals surface area contributed by atoms with Gasteiger partial charge in [-0.05, 0) is 60.2 Å². The molecule has 2 heterocycles. The van der Waals surface area contributed by atoms with E-state index in [0.717, 1.165) is 23.0 Å². The Balaban J connectivity index is 1.44. The van der Waals surface area contributed by atoms with E-state index in [1.165, 1.54) is 23.9 Å². The molecule has 1 aliphatic heterocycles. The average molecular weight is 432 g/mol. The fourth-order valence-corrected chi connectivity index (χ4v) is 3.58. The van der Waals surface area contributed by atoms with Crippen LogP contribution in [-0.2, 0) is 4.79 Å². The smallest absolute Gasteiger partial charge is 0.287 e. The molecule has 0 atom stereocenters. The van der Waals surface area contributed by atoms with Gasteiger partial charge in [0, 0.05) is 12.1 Å². The minimum Gasteiger partial charge on any atom is -0.439 e. The van der Waals surface area contributed by atoms with Gasteiger partial charge in [0.2, 0.25) is 5.88 Å². The van der Waals surface area contributed by atoms with Crippen molar-refractivity contribution in [1.82, 2.24) is 10.3 Å². The molecular formula is C22H16N4O4S. The Morgan fingerprint density at radius 1 is 1.16 bits per heavy atom. The number of ether oxygens (including phenoxy) is 1. The standard InChI is InChI=1S/C22H16N4O4S/c1-14-3-2-4-16(11-14)24-22-25-21(27)19(31-22)12-15-5-8-18(9-6-15)30-20-10-7-17(13-23-20)26(28)29/h2-13H,1H3,(H,24,25,27)/b19-12-. The molecule has 1 fully saturated rings. The highest BCUT2D eigenvalue weighted by Gasteiger charge is 2.23. The molecule has 3 aromatic rings. The number of benzene rings is 2. The molecule has 0 radical (unpaired) electrons. The molecule has 0 bridgehead atoms. The van der Waals surface area contributed by atoms with Gasteiger partial charge in [-0.15, -0.1) is 0 Å². The van der Waals surface area contributed by atoms with E-state index in [1.807, 2.05) is 31.2 Å². The van der Waals surface area contributed by atoms with Gasteiger partial charge in [0.05, 0.1) is 15.5 Å². The predicted molar refractivity (Wildman–Crippen MR) is 119 cm³/mol. The number of rotatable bonds is 5. The maximum atomic E-state index is 12.3. The van der Waals surface area contributed by atoms with E-state index in [0.29, 0.717) is 15.8 Å². The van der Waals surface area contributed by atoms with E-state index >= 15 is 0 Å². The fraction of sp³-hybridized carbons (Fsp3) is 0.0455. The van der Waals surface area contributed by atoms with Crippen LogP contribution >= 0.6 is 11.8 Å². The average Bonchev–Trinajstić information content (AvgIpc) is 3.08. The number of hydrogen-bond acceptors (Lipinski definition) is 7. The lowest BCUT2D eigenvalue weighted by atomic mass is 10.2. The Bertz CT molecular complexity index is 1200. The van der Waals surface area contributed by atoms with Gasteiger partial charge in [0.15, 0.2) is 5.17 Å². The number of thioether (sulfide) groups is 1. The summed E-state index contributed by atoms with van der Waals surface area (Å²) in [5, 5.41) is 14.0. The minimum absolute atomic E-state index is 0.105. The van der Waals surface area contributed by atoms with Gasteiger partial charge in [-0.3, -0.25) is 14.9 Å². The highest BCUT2D eigenvalue weighted by Crippen LogP contribution is 2.29. The second-order valence-electron chi connectivity index (χ2n) is 6.60. The Morgan fingerprint density at radius 2 is 1.97 bits per heavy atom. The maximum absolute atomic E-state index is 12.3. The zero-order chi connectivity index (χ0) is 21.8. The van der Waals surface area contributed by atoms with Crippen LogP contribution in [0.4, 0.5) is 11.4 Å². The van der Waals surface area contributed by atoms with Crippen molar-refractivity contribution in [3.05, 3.63) is 93.0 Å². The normalized spacial score (nSPS) is 15.8. The molecule has 8 nitrogen and oxygen atoms in total. The molecule has 1 amide bonds. The van der Waals surface area contributed by atoms with Crippen LogP contribution in [0.15, 0.2) is 76.8 Å². The topological polar surface area (TPSA) is 107 Å². The molecule has 1 aliphatic rings. The summed E-state index contributed by atoms with van der Waals surface area (Å²) >= 11 is 1.28. The lowest BCUT2D eigenvalue weighted by Crippen LogP contribution is -2.19. The number of amidine groups is 1. The van der Waals surface area contributed by atoms with Gasteiger partial charge in [0.1, 0.15) is 11.9 Å². The third-order valence-corrected chi connectivity index (χ3v) is 5.12. The number of carbonyl (C=O) groups is 1. The first-order valence-corrected chi connectivity index (χ1v) is 10.0. The first-order chi connectivity index (χ1) is 15.0. The van der Waals surface area contributed by atoms with E-state index < -0.39 is 4.92 Å². The van der Waals surface area contributed by atoms with E-state index in [-0.39, 0.29) is 17.5 Å². The monoisotopic (exact) mass is 432 g/mol. The highest BCUT2D eigenvalue weighted by atomic mass is 32.2. The third kappa shape index (κ3) is 5.14. The summed E-state index contributed by atoms with van der Waals surface area (Å²) in [7, 11) is 0. The number of pyridine rings is 1. The van der Waals surface area contributed by atoms with Crippen LogP contribution in [0, 0.1) is 17.0 Å². The summed E-state index contributed by atoms with van der Waals surface area (Å²) in [5.41, 5.74) is 2.59. The highest BCUT2D eigenvalue weighted by molar-refractivity contribution is 8.18. The molecule has 9 heteroatoms. The van der Waals surface area contributed by atoms with Gasteiger partial charge in [0.25, 0.3) is 11.6 Å². The number of amides is 1. The van der Waals surface area contributed by atoms with E-state index in [9.17, 15) is 14.9 Å². The minimum atomic E-state index is -0.521. The van der Waals surface area contributed by atoms with Gasteiger partial charge in [-0.25, -0.2) is 9.98 Å². The first-order valence-electron chi connectivity index (χ1n) is 9.21. The molecule has 0 unspecified atom stereocenters. The molecule has 0 aliphatic carbocycles. The molecule has 154 valence electrons. The first kappa shape index (κ1) is 20.3. The molecule has 0 spiro atoms. The Hall–Kier alpha value is -3.98. The van der Waals surface area contributed by atoms with Crippen LogP contribution in [0.3, 0.4) is 0 Å². The van der Waals surface area contributed by atoms with E-state index in [2.05, 4.69) is 15.3 Å². The van der Waals surface area contributed by atoms with Crippen LogP contribution in [0.25, 0.3) is 6.08 Å². The molecule has 0 saturated carbocycles. The fourth-order valence-electron chi connectivity index (χ4n) is 2.74. The number of aliphatic imine (C=N–C) groups is 1. The van der Waals surface area contributed by atoms with Gasteiger partial charge >= 0.3 is 0 Å². The second kappa shape index (κ2) is 8.80. The Labute approximate surface area is 181 Å². The molecule has 31 heavy (non-hydrogen) atoms. The predicted octanol–water partition coefficient (Wildman–Crippen LogP) is 4.98. The van der Waals surface area contributed by atoms with Crippen molar-refractivity contribution in [2.45, 2.75) is 6.92 Å². The Morgan fingerprint density at radius 3 is 2.65 bits per heavy atom. The van der Waals surface area contributed by atoms with Gasteiger partial charge < -0.3 is 10.1 Å². The summed E-state index contributed by atoms with van der Waals surface area (Å²) in [6.07, 6.45) is 2.91. The van der Waals surface area contributed by atoms with Gasteiger partial charge in [-0.2, -0.15) is 0 Å². The summed E-state index contributed by atoms with van der Waals surface area (Å²) in [4.78, 5) is 31.4. The maximum Gasteiger partial charge on any atom is 0.287 e. The van der Waals surface area contributed by atoms with Crippen molar-refractivity contribution >= 4 is 40.3 Å². The number of nitrogens with zero attached hydrogens (tertiary/aromatic N) is 3. The quantitative estimate of drug-likeness (QED) is 0.346. The number of carbonyl (C=O) groups excluding carboxylic acids is 1. The zero-order valence-electron chi connectivity index (χ0n) is 16.3. The van der Waals surface area contributed by atoms with E-state index in [4.69, 9.17) is 4.74 Å². The van der Waals surface area contributed by atoms with Crippen molar-refractivity contribution in [3.63, 3.8) is 0 Å². The zero-order valence-corrected chi connectivity index (χ0v) is 17.1. The van der Waals surface area contributed by atoms with Crippen LogP contribution in [-0.4, -0.2) is 21.0 Å². The third-order valence-electron chi connectivity index (χ3n) is 4.22. The second-order valence-corrected chi connectivity index (χ2v) is 7.63. The summed E-state index contributed by atoms with van der Waals surface area (Å²) in [5.74, 6) is 0.569. The SMILES string of the molecule is Cc1cccc(N=C2NC(=O)/C(=C/c3ccc(Oc4ccc([N+](=O)[O-])cn4)cc3)S2)c1. The number of aromatic nitrogens is 1. The Kier molecular flexibility index (Phi) is 5.76. The molecule has 4 rings (SSSR count). The lowest BCUT2D eigenvalue weighted by Gasteiger charge is -2.04. The van der Waals surface area contributed by atoms with Crippen molar-refractivity contribution < 1.29 is 14.5 Å². The van der Waals surface area contributed by atoms with Crippen molar-refractivity contribution in [3.8, 4) is 11.6 Å². The number of nitrogens with one attached hydrogen (secondary N) is 1. The van der Waals surface area contributed by atoms with Crippen molar-refractivity contribution in [2.24, 2.45) is 4.99 Å². The largest absolute Gasteiger partial charge is 0.439 e. The van der Waals surface area contributed by atoms with Crippen LogP contribution in [0.2, 0.25) is 0 Å². The van der Waals surface area contributed by atoms with Crippen molar-refractivity contribution in [1.29, 1.82) is 0 Å². The van der Waals surface area contributed by atoms with Crippen molar-refractivity contribution in [2.75, 3.05) is 0 Å². The van der Waals surface area contributed by atoms with Gasteiger partial charge in [-0.1, -0.05) is 24.3 Å². The molecular weight excluding hydrogens is 416 g/mol. The lowest BCUT2D eigenvalue weighted by molar-refractivity contribution is -0.385. The number of aryl methyl sites for hydroxylation is 1. The van der Waals surface area contributed by atoms with Crippen LogP contribution in [0.5, 0.6) is 11.6 Å². The molecule has 2 aromatic carbocycles. The number of hydrogen-bond donors (Lipinski definition) is 1. The number of nitro groups is 1. The van der Waals surface area contributed by atoms with E-state index in [1.54, 1.807) is 30.3 Å². The summed E-state index contributed by atoms with van der Waals surface area (Å²) in [6, 6.07) is 17.6.